The number of benzene rings is 1. The lowest BCUT2D eigenvalue weighted by molar-refractivity contribution is 0.335. The molecule has 0 aromatic heterocycles. The maximum absolute atomic E-state index is 12.9. The predicted molar refractivity (Wildman–Crippen MR) is 84.4 cm³/mol. The number of alkyl halides is 1. The first kappa shape index (κ1) is 16.6. The molecule has 0 radical (unpaired) electrons. The van der Waals surface area contributed by atoms with Crippen LogP contribution in [0.15, 0.2) is 23.1 Å². The van der Waals surface area contributed by atoms with Crippen molar-refractivity contribution in [2.24, 2.45) is 0 Å². The lowest BCUT2D eigenvalue weighted by Crippen LogP contribution is -2.38. The Bertz CT molecular complexity index is 583. The minimum Gasteiger partial charge on any atom is -0.496 e. The number of methoxy groups -OCH3 is 1. The van der Waals surface area contributed by atoms with Crippen molar-refractivity contribution >= 4 is 21.6 Å². The van der Waals surface area contributed by atoms with Gasteiger partial charge in [-0.3, -0.25) is 0 Å². The number of sulfonamides is 1. The summed E-state index contributed by atoms with van der Waals surface area (Å²) in [5.41, 5.74) is 0.697. The van der Waals surface area contributed by atoms with Crippen LogP contribution < -0.4 is 4.74 Å². The van der Waals surface area contributed by atoms with Crippen molar-refractivity contribution in [1.82, 2.24) is 4.31 Å². The van der Waals surface area contributed by atoms with Crippen LogP contribution in [0.2, 0.25) is 0 Å². The fourth-order valence-corrected chi connectivity index (χ4v) is 4.93. The monoisotopic (exact) mass is 331 g/mol. The van der Waals surface area contributed by atoms with Crippen molar-refractivity contribution in [3.63, 3.8) is 0 Å². The first-order chi connectivity index (χ1) is 10.0. The standard InChI is InChI=1S/C15H22ClNO3S/c1-3-17(13-6-4-5-7-13)21(18,19)14-8-9-15(20-2)12(10-14)11-16/h8-10,13H,3-7,11H2,1-2H3. The van der Waals surface area contributed by atoms with E-state index in [0.29, 0.717) is 22.8 Å². The highest BCUT2D eigenvalue weighted by Gasteiger charge is 2.32. The van der Waals surface area contributed by atoms with Gasteiger partial charge in [0.05, 0.1) is 17.9 Å². The molecule has 0 heterocycles. The van der Waals surface area contributed by atoms with Crippen LogP contribution >= 0.6 is 11.6 Å². The van der Waals surface area contributed by atoms with E-state index in [0.717, 1.165) is 25.7 Å². The zero-order valence-electron chi connectivity index (χ0n) is 12.5. The molecule has 1 saturated carbocycles. The second-order valence-corrected chi connectivity index (χ2v) is 7.41. The van der Waals surface area contributed by atoms with Crippen molar-refractivity contribution in [1.29, 1.82) is 0 Å². The fraction of sp³-hybridized carbons (Fsp3) is 0.600. The van der Waals surface area contributed by atoms with Crippen LogP contribution in [0, 0.1) is 0 Å². The number of hydrogen-bond acceptors (Lipinski definition) is 3. The number of nitrogens with zero attached hydrogens (tertiary/aromatic N) is 1. The Morgan fingerprint density at radius 1 is 1.33 bits per heavy atom. The van der Waals surface area contributed by atoms with Crippen LogP contribution in [-0.2, 0) is 15.9 Å². The summed E-state index contributed by atoms with van der Waals surface area (Å²) < 4.78 is 32.5. The topological polar surface area (TPSA) is 46.6 Å². The molecule has 4 nitrogen and oxygen atoms in total. The Labute approximate surface area is 132 Å². The zero-order valence-corrected chi connectivity index (χ0v) is 14.1. The summed E-state index contributed by atoms with van der Waals surface area (Å²) in [6, 6.07) is 5.02. The third-order valence-electron chi connectivity index (χ3n) is 4.05. The lowest BCUT2D eigenvalue weighted by atomic mass is 10.2. The van der Waals surface area contributed by atoms with Crippen molar-refractivity contribution in [2.75, 3.05) is 13.7 Å². The van der Waals surface area contributed by atoms with Gasteiger partial charge in [0, 0.05) is 18.2 Å². The molecule has 21 heavy (non-hydrogen) atoms. The van der Waals surface area contributed by atoms with Crippen molar-refractivity contribution in [2.45, 2.75) is 49.4 Å². The van der Waals surface area contributed by atoms with Crippen molar-refractivity contribution in [3.05, 3.63) is 23.8 Å². The molecule has 1 fully saturated rings. The molecule has 1 aliphatic rings. The zero-order chi connectivity index (χ0) is 15.5. The first-order valence-corrected chi connectivity index (χ1v) is 9.26. The van der Waals surface area contributed by atoms with Gasteiger partial charge in [-0.1, -0.05) is 19.8 Å². The molecule has 0 unspecified atom stereocenters. The van der Waals surface area contributed by atoms with Gasteiger partial charge in [-0.05, 0) is 31.0 Å². The van der Waals surface area contributed by atoms with E-state index in [1.165, 1.54) is 0 Å². The first-order valence-electron chi connectivity index (χ1n) is 7.29. The summed E-state index contributed by atoms with van der Waals surface area (Å²) in [5.74, 6) is 0.843. The smallest absolute Gasteiger partial charge is 0.243 e. The summed E-state index contributed by atoms with van der Waals surface area (Å²) in [5, 5.41) is 0. The molecule has 0 spiro atoms. The van der Waals surface area contributed by atoms with Gasteiger partial charge in [-0.2, -0.15) is 4.31 Å². The van der Waals surface area contributed by atoms with E-state index in [1.807, 2.05) is 6.92 Å². The molecule has 1 aliphatic carbocycles. The van der Waals surface area contributed by atoms with Gasteiger partial charge >= 0.3 is 0 Å². The van der Waals surface area contributed by atoms with E-state index in [9.17, 15) is 8.42 Å². The molecule has 0 N–H and O–H groups in total. The number of ether oxygens (including phenoxy) is 1. The summed E-state index contributed by atoms with van der Waals surface area (Å²) in [4.78, 5) is 0.299. The van der Waals surface area contributed by atoms with Crippen LogP contribution in [0.5, 0.6) is 5.75 Å². The SMILES string of the molecule is CCN(C1CCCC1)S(=O)(=O)c1ccc(OC)c(CCl)c1. The van der Waals surface area contributed by atoms with Gasteiger partial charge in [0.1, 0.15) is 5.75 Å². The molecule has 118 valence electrons. The van der Waals surface area contributed by atoms with E-state index >= 15 is 0 Å². The van der Waals surface area contributed by atoms with E-state index < -0.39 is 10.0 Å². The average Bonchev–Trinajstić information content (AvgIpc) is 3.00. The Hall–Kier alpha value is -0.780. The van der Waals surface area contributed by atoms with E-state index in [1.54, 1.807) is 29.6 Å². The molecular weight excluding hydrogens is 310 g/mol. The molecule has 0 atom stereocenters. The van der Waals surface area contributed by atoms with Gasteiger partial charge in [0.15, 0.2) is 0 Å². The Morgan fingerprint density at radius 3 is 2.52 bits per heavy atom. The molecule has 0 aliphatic heterocycles. The second-order valence-electron chi connectivity index (χ2n) is 5.25. The molecular formula is C15H22ClNO3S. The third-order valence-corrected chi connectivity index (χ3v) is 6.36. The van der Waals surface area contributed by atoms with E-state index in [-0.39, 0.29) is 11.9 Å². The average molecular weight is 332 g/mol. The van der Waals surface area contributed by atoms with E-state index in [4.69, 9.17) is 16.3 Å². The quantitative estimate of drug-likeness (QED) is 0.751. The maximum atomic E-state index is 12.9. The van der Waals surface area contributed by atoms with E-state index in [2.05, 4.69) is 0 Å². The normalized spacial score (nSPS) is 16.6. The molecule has 0 bridgehead atoms. The predicted octanol–water partition coefficient (Wildman–Crippen LogP) is 3.39. The van der Waals surface area contributed by atoms with Crippen molar-refractivity contribution in [3.8, 4) is 5.75 Å². The molecule has 1 aromatic carbocycles. The van der Waals surface area contributed by atoms with Crippen molar-refractivity contribution < 1.29 is 13.2 Å². The number of halogens is 1. The highest BCUT2D eigenvalue weighted by molar-refractivity contribution is 7.89. The Morgan fingerprint density at radius 2 is 2.00 bits per heavy atom. The fourth-order valence-electron chi connectivity index (χ4n) is 2.97. The van der Waals surface area contributed by atoms with Gasteiger partial charge in [-0.15, -0.1) is 11.6 Å². The minimum atomic E-state index is -3.47. The molecule has 0 saturated heterocycles. The molecule has 0 amide bonds. The van der Waals surface area contributed by atoms with Gasteiger partial charge in [0.25, 0.3) is 0 Å². The molecule has 6 heteroatoms. The third kappa shape index (κ3) is 3.35. The molecule has 1 aromatic rings. The summed E-state index contributed by atoms with van der Waals surface area (Å²) in [7, 11) is -1.92. The van der Waals surface area contributed by atoms with Gasteiger partial charge in [-0.25, -0.2) is 8.42 Å². The second kappa shape index (κ2) is 6.99. The van der Waals surface area contributed by atoms with Crippen LogP contribution in [0.3, 0.4) is 0 Å². The number of hydrogen-bond donors (Lipinski definition) is 0. The van der Waals surface area contributed by atoms with Crippen LogP contribution in [0.25, 0.3) is 0 Å². The summed E-state index contributed by atoms with van der Waals surface area (Å²) >= 11 is 5.89. The van der Waals surface area contributed by atoms with Crippen LogP contribution in [-0.4, -0.2) is 32.4 Å². The Kier molecular flexibility index (Phi) is 5.52. The minimum absolute atomic E-state index is 0.126. The summed E-state index contributed by atoms with van der Waals surface area (Å²) in [6.45, 7) is 2.39. The van der Waals surface area contributed by atoms with Crippen LogP contribution in [0.4, 0.5) is 0 Å². The largest absolute Gasteiger partial charge is 0.496 e. The number of rotatable bonds is 6. The van der Waals surface area contributed by atoms with Gasteiger partial charge < -0.3 is 4.74 Å². The molecule has 2 rings (SSSR count). The van der Waals surface area contributed by atoms with Gasteiger partial charge in [0.2, 0.25) is 10.0 Å². The highest BCUT2D eigenvalue weighted by Crippen LogP contribution is 2.30. The highest BCUT2D eigenvalue weighted by atomic mass is 35.5. The van der Waals surface area contributed by atoms with Crippen LogP contribution in [0.1, 0.15) is 38.2 Å². The summed E-state index contributed by atoms with van der Waals surface area (Å²) in [6.07, 6.45) is 4.11. The maximum Gasteiger partial charge on any atom is 0.243 e. The Balaban J connectivity index is 2.37. The lowest BCUT2D eigenvalue weighted by Gasteiger charge is -2.27.